The van der Waals surface area contributed by atoms with E-state index in [1.54, 1.807) is 5.57 Å². The van der Waals surface area contributed by atoms with Crippen molar-refractivity contribution in [3.63, 3.8) is 0 Å². The molecule has 32 heavy (non-hydrogen) atoms. The maximum absolute atomic E-state index is 10.3. The molecule has 0 radical (unpaired) electrons. The molecule has 2 N–H and O–H groups in total. The molecule has 0 saturated heterocycles. The molecule has 0 heterocycles. The fourth-order valence-corrected chi connectivity index (χ4v) is 9.15. The van der Waals surface area contributed by atoms with Gasteiger partial charge in [-0.05, 0) is 112 Å². The summed E-state index contributed by atoms with van der Waals surface area (Å²) in [5, 5.41) is 20.3. The van der Waals surface area contributed by atoms with E-state index in [1.807, 2.05) is 27.7 Å². The van der Waals surface area contributed by atoms with Gasteiger partial charge < -0.3 is 10.2 Å². The zero-order valence-corrected chi connectivity index (χ0v) is 22.6. The van der Waals surface area contributed by atoms with Gasteiger partial charge in [0.05, 0.1) is 11.7 Å². The fourth-order valence-electron chi connectivity index (χ4n) is 9.15. The number of fused-ring (bicyclic) bond motifs is 5. The highest BCUT2D eigenvalue weighted by molar-refractivity contribution is 5.25. The summed E-state index contributed by atoms with van der Waals surface area (Å²) < 4.78 is 0. The molecule has 9 atom stereocenters. The van der Waals surface area contributed by atoms with Crippen molar-refractivity contribution in [2.45, 2.75) is 131 Å². The smallest absolute Gasteiger partial charge is 0.0591 e. The van der Waals surface area contributed by atoms with Crippen LogP contribution in [-0.2, 0) is 0 Å². The van der Waals surface area contributed by atoms with Gasteiger partial charge in [0.2, 0.25) is 0 Å². The molecule has 0 spiro atoms. The molecule has 0 aromatic heterocycles. The van der Waals surface area contributed by atoms with Crippen molar-refractivity contribution in [3.8, 4) is 0 Å². The Kier molecular flexibility index (Phi) is 7.98. The highest BCUT2D eigenvalue weighted by Crippen LogP contribution is 2.69. The third-order valence-electron chi connectivity index (χ3n) is 10.8. The van der Waals surface area contributed by atoms with Gasteiger partial charge in [-0.15, -0.1) is 0 Å². The Morgan fingerprint density at radius 1 is 1.03 bits per heavy atom. The van der Waals surface area contributed by atoms with Crippen molar-refractivity contribution in [1.29, 1.82) is 0 Å². The van der Waals surface area contributed by atoms with Crippen molar-refractivity contribution in [3.05, 3.63) is 11.6 Å². The molecule has 3 fully saturated rings. The molecule has 2 nitrogen and oxygen atoms in total. The zero-order chi connectivity index (χ0) is 23.9. The fraction of sp³-hybridized carbons (Fsp3) is 0.933. The van der Waals surface area contributed by atoms with Crippen LogP contribution in [0.3, 0.4) is 0 Å². The summed E-state index contributed by atoms with van der Waals surface area (Å²) in [7, 11) is 0. The Hall–Kier alpha value is -0.340. The molecular weight excluding hydrogens is 392 g/mol. The summed E-state index contributed by atoms with van der Waals surface area (Å²) in [5.41, 5.74) is 1.91. The van der Waals surface area contributed by atoms with E-state index >= 15 is 0 Å². The zero-order valence-electron chi connectivity index (χ0n) is 22.6. The maximum atomic E-state index is 10.3. The average molecular weight is 447 g/mol. The monoisotopic (exact) mass is 446 g/mol. The second kappa shape index (κ2) is 9.73. The van der Waals surface area contributed by atoms with Crippen LogP contribution in [0.15, 0.2) is 11.6 Å². The number of allylic oxidation sites excluding steroid dienone is 1. The van der Waals surface area contributed by atoms with Gasteiger partial charge >= 0.3 is 0 Å². The minimum absolute atomic E-state index is 0.103. The van der Waals surface area contributed by atoms with Gasteiger partial charge in [0, 0.05) is 0 Å². The van der Waals surface area contributed by atoms with Crippen molar-refractivity contribution in [1.82, 2.24) is 0 Å². The predicted octanol–water partition coefficient (Wildman–Crippen LogP) is 7.78. The molecule has 0 aromatic carbocycles. The highest BCUT2D eigenvalue weighted by atomic mass is 16.3. The molecule has 0 bridgehead atoms. The first-order valence-electron chi connectivity index (χ1n) is 14.1. The number of unbranched alkanes of at least 4 members (excludes halogenated alkanes) is 1. The van der Waals surface area contributed by atoms with Crippen molar-refractivity contribution < 1.29 is 10.2 Å². The molecule has 3 saturated carbocycles. The number of aliphatic hydroxyl groups excluding tert-OH is 1. The van der Waals surface area contributed by atoms with Gasteiger partial charge in [-0.2, -0.15) is 0 Å². The van der Waals surface area contributed by atoms with Gasteiger partial charge in [0.25, 0.3) is 0 Å². The third kappa shape index (κ3) is 4.61. The molecular formula is C30H54O2. The van der Waals surface area contributed by atoms with E-state index in [4.69, 9.17) is 0 Å². The molecule has 0 aliphatic heterocycles. The Bertz CT molecular complexity index is 660. The maximum Gasteiger partial charge on any atom is 0.0591 e. The van der Waals surface area contributed by atoms with Crippen LogP contribution in [0.5, 0.6) is 0 Å². The molecule has 186 valence electrons. The van der Waals surface area contributed by atoms with E-state index in [9.17, 15) is 10.2 Å². The normalized spacial score (nSPS) is 45.7. The standard InChI is InChI=1S/C28H48O2.C2H6/c1-18-19(2)25-22-11-10-20-17-21(29)12-15-27(20,5)24(22)13-16-28(25,6)23(18)9-7-8-14-26(3,4)30;1-2/h10,18-19,21-25,29-30H,7-9,11-17H2,1-6H3;1-2H3/t18?,19-,21?,22?,23?,24?,25?,27?,28?;/m1./s1. The van der Waals surface area contributed by atoms with Gasteiger partial charge in [-0.3, -0.25) is 0 Å². The minimum Gasteiger partial charge on any atom is -0.393 e. The van der Waals surface area contributed by atoms with Crippen LogP contribution in [0.4, 0.5) is 0 Å². The average Bonchev–Trinajstić information content (AvgIpc) is 2.92. The molecule has 0 aromatic rings. The number of hydrogen-bond donors (Lipinski definition) is 2. The van der Waals surface area contributed by atoms with E-state index in [-0.39, 0.29) is 6.10 Å². The van der Waals surface area contributed by atoms with E-state index in [1.165, 1.54) is 38.5 Å². The van der Waals surface area contributed by atoms with Crippen molar-refractivity contribution >= 4 is 0 Å². The molecule has 4 aliphatic rings. The second-order valence-electron chi connectivity index (χ2n) is 13.0. The first kappa shape index (κ1) is 26.3. The van der Waals surface area contributed by atoms with Crippen LogP contribution in [0, 0.1) is 46.3 Å². The number of rotatable bonds is 5. The summed E-state index contributed by atoms with van der Waals surface area (Å²) in [6, 6.07) is 0. The molecule has 4 aliphatic carbocycles. The SMILES string of the molecule is CC.CC1C(CCCCC(C)(C)O)C2(C)CCC3C(CC=C4CC(O)CCC43C)C2[C@@H]1C. The second-order valence-corrected chi connectivity index (χ2v) is 13.0. The topological polar surface area (TPSA) is 40.5 Å². The lowest BCUT2D eigenvalue weighted by molar-refractivity contribution is -0.0603. The lowest BCUT2D eigenvalue weighted by atomic mass is 9.46. The van der Waals surface area contributed by atoms with Gasteiger partial charge in [0.15, 0.2) is 0 Å². The minimum atomic E-state index is -0.520. The Morgan fingerprint density at radius 3 is 2.38 bits per heavy atom. The lowest BCUT2D eigenvalue weighted by Crippen LogP contribution is -2.51. The van der Waals surface area contributed by atoms with Crippen LogP contribution in [0.2, 0.25) is 0 Å². The summed E-state index contributed by atoms with van der Waals surface area (Å²) in [4.78, 5) is 0. The molecule has 4 rings (SSSR count). The summed E-state index contributed by atoms with van der Waals surface area (Å²) in [5.74, 6) is 4.99. The molecule has 2 heteroatoms. The number of aliphatic hydroxyl groups is 2. The summed E-state index contributed by atoms with van der Waals surface area (Å²) in [6.45, 7) is 18.2. The molecule has 8 unspecified atom stereocenters. The van der Waals surface area contributed by atoms with Crippen LogP contribution in [0.1, 0.15) is 120 Å². The van der Waals surface area contributed by atoms with E-state index < -0.39 is 5.60 Å². The van der Waals surface area contributed by atoms with Crippen LogP contribution < -0.4 is 0 Å². The van der Waals surface area contributed by atoms with Crippen LogP contribution in [0.25, 0.3) is 0 Å². The van der Waals surface area contributed by atoms with Gasteiger partial charge in [-0.25, -0.2) is 0 Å². The highest BCUT2D eigenvalue weighted by Gasteiger charge is 2.62. The van der Waals surface area contributed by atoms with E-state index in [0.717, 1.165) is 61.2 Å². The Morgan fingerprint density at radius 2 is 1.72 bits per heavy atom. The summed E-state index contributed by atoms with van der Waals surface area (Å²) >= 11 is 0. The quantitative estimate of drug-likeness (QED) is 0.334. The Balaban J connectivity index is 0.00000141. The van der Waals surface area contributed by atoms with Gasteiger partial charge in [0.1, 0.15) is 0 Å². The van der Waals surface area contributed by atoms with E-state index in [0.29, 0.717) is 10.8 Å². The predicted molar refractivity (Wildman–Crippen MR) is 136 cm³/mol. The number of hydrogen-bond acceptors (Lipinski definition) is 2. The first-order valence-corrected chi connectivity index (χ1v) is 14.1. The third-order valence-corrected chi connectivity index (χ3v) is 10.8. The van der Waals surface area contributed by atoms with Gasteiger partial charge in [-0.1, -0.05) is 66.0 Å². The lowest BCUT2D eigenvalue weighted by Gasteiger charge is -2.58. The van der Waals surface area contributed by atoms with Crippen molar-refractivity contribution in [2.24, 2.45) is 46.3 Å². The van der Waals surface area contributed by atoms with E-state index in [2.05, 4.69) is 33.8 Å². The summed E-state index contributed by atoms with van der Waals surface area (Å²) in [6.07, 6.45) is 14.3. The first-order chi connectivity index (χ1) is 15.0. The molecule has 0 amide bonds. The van der Waals surface area contributed by atoms with Crippen molar-refractivity contribution in [2.75, 3.05) is 0 Å². The Labute approximate surface area is 199 Å². The van der Waals surface area contributed by atoms with Crippen LogP contribution >= 0.6 is 0 Å². The largest absolute Gasteiger partial charge is 0.393 e. The van der Waals surface area contributed by atoms with Crippen LogP contribution in [-0.4, -0.2) is 21.9 Å².